The van der Waals surface area contributed by atoms with E-state index in [1.807, 2.05) is 66.7 Å². The molecule has 0 aliphatic carbocycles. The summed E-state index contributed by atoms with van der Waals surface area (Å²) in [6, 6.07) is 68.6. The predicted octanol–water partition coefficient (Wildman–Crippen LogP) is 12.8. The third kappa shape index (κ3) is 5.88. The van der Waals surface area contributed by atoms with Gasteiger partial charge in [0.15, 0.2) is 17.5 Å². The molecule has 8 aromatic carbocycles. The van der Waals surface area contributed by atoms with Crippen molar-refractivity contribution in [2.75, 3.05) is 0 Å². The average Bonchev–Trinajstić information content (AvgIpc) is 4.05. The van der Waals surface area contributed by atoms with Crippen molar-refractivity contribution in [3.63, 3.8) is 0 Å². The summed E-state index contributed by atoms with van der Waals surface area (Å²) in [5.41, 5.74) is 10.9. The summed E-state index contributed by atoms with van der Waals surface area (Å²) in [7, 11) is 0. The molecule has 0 aliphatic rings. The van der Waals surface area contributed by atoms with E-state index in [9.17, 15) is 0 Å². The largest absolute Gasteiger partial charge is 0.416 e. The highest BCUT2D eigenvalue weighted by Gasteiger charge is 2.19. The SMILES string of the molecule is c1ccc(-c2nc(-c3ccccc3)nc(-c3cccc(-n4c5ccccc5c5cc(-c6nnc(-c7ccc8c9ccccc9n(-c9ccccc9)c8c7)o6)ccc54)c3)n2)cc1. The number of nitrogens with zero attached hydrogens (tertiary/aromatic N) is 7. The Kier molecular flexibility index (Phi) is 7.99. The van der Waals surface area contributed by atoms with Crippen LogP contribution in [0.25, 0.3) is 112 Å². The van der Waals surface area contributed by atoms with Crippen LogP contribution in [0.3, 0.4) is 0 Å². The molecule has 8 heteroatoms. The summed E-state index contributed by atoms with van der Waals surface area (Å²) in [5, 5.41) is 13.7. The lowest BCUT2D eigenvalue weighted by molar-refractivity contribution is 0.585. The van der Waals surface area contributed by atoms with Crippen LogP contribution in [0.15, 0.2) is 205 Å². The van der Waals surface area contributed by atoms with Gasteiger partial charge in [0.2, 0.25) is 11.8 Å². The summed E-state index contributed by atoms with van der Waals surface area (Å²) >= 11 is 0. The van der Waals surface area contributed by atoms with Gasteiger partial charge in [-0.1, -0.05) is 133 Å². The van der Waals surface area contributed by atoms with Crippen LogP contribution in [0.2, 0.25) is 0 Å². The fourth-order valence-corrected chi connectivity index (χ4v) is 8.52. The second-order valence-electron chi connectivity index (χ2n) is 15.0. The van der Waals surface area contributed by atoms with Crippen molar-refractivity contribution >= 4 is 43.6 Å². The zero-order chi connectivity index (χ0) is 40.3. The molecule has 12 aromatic rings. The summed E-state index contributed by atoms with van der Waals surface area (Å²) < 4.78 is 11.0. The molecular formula is C53H33N7O. The van der Waals surface area contributed by atoms with E-state index < -0.39 is 0 Å². The van der Waals surface area contributed by atoms with Crippen molar-refractivity contribution in [3.8, 4) is 68.4 Å². The maximum Gasteiger partial charge on any atom is 0.248 e. The molecule has 0 fully saturated rings. The van der Waals surface area contributed by atoms with E-state index >= 15 is 0 Å². The molecule has 0 saturated carbocycles. The predicted molar refractivity (Wildman–Crippen MR) is 244 cm³/mol. The Balaban J connectivity index is 0.941. The highest BCUT2D eigenvalue weighted by Crippen LogP contribution is 2.38. The van der Waals surface area contributed by atoms with Crippen molar-refractivity contribution in [2.45, 2.75) is 0 Å². The van der Waals surface area contributed by atoms with E-state index in [0.29, 0.717) is 29.3 Å². The smallest absolute Gasteiger partial charge is 0.248 e. The van der Waals surface area contributed by atoms with E-state index in [4.69, 9.17) is 19.4 Å². The van der Waals surface area contributed by atoms with Gasteiger partial charge in [0.1, 0.15) is 0 Å². The number of fused-ring (bicyclic) bond motifs is 6. The Morgan fingerprint density at radius 1 is 0.295 bits per heavy atom. The molecule has 61 heavy (non-hydrogen) atoms. The van der Waals surface area contributed by atoms with E-state index in [0.717, 1.165) is 77.4 Å². The minimum atomic E-state index is 0.456. The van der Waals surface area contributed by atoms with Crippen LogP contribution in [0.4, 0.5) is 0 Å². The number of hydrogen-bond donors (Lipinski definition) is 0. The minimum absolute atomic E-state index is 0.456. The Bertz CT molecular complexity index is 3530. The molecule has 12 rings (SSSR count). The fourth-order valence-electron chi connectivity index (χ4n) is 8.52. The fraction of sp³-hybridized carbons (Fsp3) is 0. The van der Waals surface area contributed by atoms with Gasteiger partial charge in [0.25, 0.3) is 0 Å². The first kappa shape index (κ1) is 34.5. The first-order valence-electron chi connectivity index (χ1n) is 20.2. The number of rotatable bonds is 7. The molecule has 0 saturated heterocycles. The third-order valence-corrected chi connectivity index (χ3v) is 11.3. The third-order valence-electron chi connectivity index (χ3n) is 11.3. The Hall–Kier alpha value is -8.49. The lowest BCUT2D eigenvalue weighted by Crippen LogP contribution is -2.01. The summed E-state index contributed by atoms with van der Waals surface area (Å²) in [4.78, 5) is 14.9. The van der Waals surface area contributed by atoms with Gasteiger partial charge in [0.05, 0.1) is 22.1 Å². The lowest BCUT2D eigenvalue weighted by atomic mass is 10.1. The van der Waals surface area contributed by atoms with Gasteiger partial charge < -0.3 is 13.6 Å². The van der Waals surface area contributed by atoms with Crippen LogP contribution in [-0.4, -0.2) is 34.3 Å². The lowest BCUT2D eigenvalue weighted by Gasteiger charge is -2.11. The summed E-state index contributed by atoms with van der Waals surface area (Å²) in [6.07, 6.45) is 0. The molecule has 286 valence electrons. The van der Waals surface area contributed by atoms with Crippen LogP contribution >= 0.6 is 0 Å². The molecule has 0 radical (unpaired) electrons. The molecule has 0 N–H and O–H groups in total. The van der Waals surface area contributed by atoms with E-state index in [1.165, 1.54) is 5.39 Å². The van der Waals surface area contributed by atoms with Gasteiger partial charge >= 0.3 is 0 Å². The van der Waals surface area contributed by atoms with Crippen LogP contribution < -0.4 is 0 Å². The molecule has 0 amide bonds. The Morgan fingerprint density at radius 3 is 1.41 bits per heavy atom. The zero-order valence-electron chi connectivity index (χ0n) is 32.6. The van der Waals surface area contributed by atoms with Crippen molar-refractivity contribution < 1.29 is 4.42 Å². The quantitative estimate of drug-likeness (QED) is 0.160. The maximum absolute atomic E-state index is 6.47. The second-order valence-corrected chi connectivity index (χ2v) is 15.0. The number of benzene rings is 8. The van der Waals surface area contributed by atoms with Crippen molar-refractivity contribution in [2.24, 2.45) is 0 Å². The normalized spacial score (nSPS) is 11.6. The first-order chi connectivity index (χ1) is 30.2. The molecule has 4 aromatic heterocycles. The molecule has 4 heterocycles. The number of para-hydroxylation sites is 3. The summed E-state index contributed by atoms with van der Waals surface area (Å²) in [5.74, 6) is 2.77. The van der Waals surface area contributed by atoms with Crippen LogP contribution in [0.1, 0.15) is 0 Å². The molecule has 0 spiro atoms. The second kappa shape index (κ2) is 14.1. The maximum atomic E-state index is 6.47. The Morgan fingerprint density at radius 2 is 0.754 bits per heavy atom. The molecule has 0 bridgehead atoms. The van der Waals surface area contributed by atoms with Gasteiger partial charge in [-0.2, -0.15) is 0 Å². The number of aromatic nitrogens is 7. The van der Waals surface area contributed by atoms with Crippen molar-refractivity contribution in [1.82, 2.24) is 34.3 Å². The zero-order valence-corrected chi connectivity index (χ0v) is 32.6. The van der Waals surface area contributed by atoms with Crippen molar-refractivity contribution in [3.05, 3.63) is 200 Å². The number of hydrogen-bond acceptors (Lipinski definition) is 6. The Labute approximate surface area is 349 Å². The molecule has 0 atom stereocenters. The molecular weight excluding hydrogens is 751 g/mol. The van der Waals surface area contributed by atoms with Crippen LogP contribution in [-0.2, 0) is 0 Å². The van der Waals surface area contributed by atoms with Crippen LogP contribution in [0.5, 0.6) is 0 Å². The topological polar surface area (TPSA) is 87.5 Å². The van der Waals surface area contributed by atoms with E-state index in [1.54, 1.807) is 0 Å². The average molecular weight is 784 g/mol. The van der Waals surface area contributed by atoms with E-state index in [-0.39, 0.29) is 0 Å². The standard InChI is InChI=1S/C53H33N7O/c1-4-15-34(16-5-1)49-54-50(35-17-6-2-7-18-35)56-51(55-49)36-19-14-22-40(31-36)60-46-26-13-11-24-42(46)44-32-37(28-30-47(44)60)52-57-58-53(61-52)38-27-29-43-41-23-10-12-25-45(41)59(48(43)33-38)39-20-8-3-9-21-39/h1-33H. The first-order valence-corrected chi connectivity index (χ1v) is 20.2. The molecule has 8 nitrogen and oxygen atoms in total. The van der Waals surface area contributed by atoms with Gasteiger partial charge in [0, 0.05) is 60.7 Å². The monoisotopic (exact) mass is 783 g/mol. The molecule has 0 aliphatic heterocycles. The molecule has 0 unspecified atom stereocenters. The van der Waals surface area contributed by atoms with Gasteiger partial charge in [-0.05, 0) is 66.7 Å². The van der Waals surface area contributed by atoms with Crippen LogP contribution in [0, 0.1) is 0 Å². The van der Waals surface area contributed by atoms with Crippen molar-refractivity contribution in [1.29, 1.82) is 0 Å². The van der Waals surface area contributed by atoms with Gasteiger partial charge in [-0.25, -0.2) is 15.0 Å². The summed E-state index contributed by atoms with van der Waals surface area (Å²) in [6.45, 7) is 0. The highest BCUT2D eigenvalue weighted by atomic mass is 16.4. The van der Waals surface area contributed by atoms with E-state index in [2.05, 4.69) is 153 Å². The van der Waals surface area contributed by atoms with Gasteiger partial charge in [-0.15, -0.1) is 10.2 Å². The minimum Gasteiger partial charge on any atom is -0.416 e. The van der Waals surface area contributed by atoms with Gasteiger partial charge in [-0.3, -0.25) is 0 Å². The highest BCUT2D eigenvalue weighted by molar-refractivity contribution is 6.11.